The second kappa shape index (κ2) is 7.02. The van der Waals surface area contributed by atoms with E-state index in [4.69, 9.17) is 0 Å². The van der Waals surface area contributed by atoms with E-state index in [0.29, 0.717) is 22.3 Å². The molecule has 10 heteroatoms. The van der Waals surface area contributed by atoms with Gasteiger partial charge in [0.2, 0.25) is 5.91 Å². The summed E-state index contributed by atoms with van der Waals surface area (Å²) < 4.78 is 41.7. The minimum atomic E-state index is -4.77. The first-order valence-electron chi connectivity index (χ1n) is 7.60. The highest BCUT2D eigenvalue weighted by Gasteiger charge is 2.31. The molecule has 1 aliphatic heterocycles. The number of fused-ring (bicyclic) bond motifs is 1. The summed E-state index contributed by atoms with van der Waals surface area (Å²) >= 11 is 1.41. The molecule has 0 bridgehead atoms. The molecule has 1 unspecified atom stereocenters. The molecule has 0 radical (unpaired) electrons. The zero-order valence-corrected chi connectivity index (χ0v) is 14.4. The molecule has 0 fully saturated rings. The molecule has 0 saturated heterocycles. The first kappa shape index (κ1) is 18.3. The molecule has 2 heterocycles. The number of halogens is 3. The summed E-state index contributed by atoms with van der Waals surface area (Å²) in [6.07, 6.45) is -4.70. The van der Waals surface area contributed by atoms with Gasteiger partial charge in [-0.15, -0.1) is 13.2 Å². The smallest absolute Gasteiger partial charge is 0.406 e. The van der Waals surface area contributed by atoms with Gasteiger partial charge in [0.15, 0.2) is 5.16 Å². The molecule has 138 valence electrons. The molecule has 1 amide bonds. The van der Waals surface area contributed by atoms with Crippen molar-refractivity contribution in [3.8, 4) is 5.75 Å². The first-order chi connectivity index (χ1) is 12.2. The molecule has 1 aromatic carbocycles. The Hall–Kier alpha value is -2.49. The van der Waals surface area contributed by atoms with Gasteiger partial charge in [0.25, 0.3) is 5.56 Å². The van der Waals surface area contributed by atoms with Crippen LogP contribution in [0.4, 0.5) is 18.9 Å². The molecule has 26 heavy (non-hydrogen) atoms. The van der Waals surface area contributed by atoms with Gasteiger partial charge in [-0.1, -0.05) is 11.8 Å². The number of anilines is 1. The highest BCUT2D eigenvalue weighted by Crippen LogP contribution is 2.32. The summed E-state index contributed by atoms with van der Waals surface area (Å²) in [7, 11) is 0. The van der Waals surface area contributed by atoms with Gasteiger partial charge in [-0.25, -0.2) is 4.98 Å². The topological polar surface area (TPSA) is 73.2 Å². The largest absolute Gasteiger partial charge is 0.573 e. The van der Waals surface area contributed by atoms with E-state index in [-0.39, 0.29) is 29.7 Å². The molecule has 2 aromatic rings. The molecule has 1 aromatic heterocycles. The van der Waals surface area contributed by atoms with E-state index in [1.54, 1.807) is 6.92 Å². The Balaban J connectivity index is 1.63. The number of alkyl halides is 3. The van der Waals surface area contributed by atoms with Crippen LogP contribution in [0.25, 0.3) is 0 Å². The number of benzene rings is 1. The summed E-state index contributed by atoms with van der Waals surface area (Å²) in [6.45, 7) is 1.73. The SMILES string of the molecule is Cc1cc(=O)n2c(n1)SCC2CC(=O)Nc1ccc(OC(F)(F)F)cc1. The normalized spacial score (nSPS) is 16.2. The average Bonchev–Trinajstić information content (AvgIpc) is 2.90. The van der Waals surface area contributed by atoms with Crippen LogP contribution < -0.4 is 15.6 Å². The van der Waals surface area contributed by atoms with Crippen molar-refractivity contribution in [2.45, 2.75) is 30.9 Å². The van der Waals surface area contributed by atoms with Crippen LogP contribution in [0.1, 0.15) is 18.2 Å². The average molecular weight is 385 g/mol. The van der Waals surface area contributed by atoms with Crippen molar-refractivity contribution in [3.63, 3.8) is 0 Å². The number of amides is 1. The number of ether oxygens (including phenoxy) is 1. The molecular weight excluding hydrogens is 371 g/mol. The lowest BCUT2D eigenvalue weighted by Crippen LogP contribution is -2.27. The third-order valence-corrected chi connectivity index (χ3v) is 4.71. The summed E-state index contributed by atoms with van der Waals surface area (Å²) in [4.78, 5) is 28.6. The number of aryl methyl sites for hydroxylation is 1. The van der Waals surface area contributed by atoms with Gasteiger partial charge in [0, 0.05) is 29.6 Å². The third-order valence-electron chi connectivity index (χ3n) is 3.61. The lowest BCUT2D eigenvalue weighted by atomic mass is 10.2. The van der Waals surface area contributed by atoms with Crippen LogP contribution in [0.3, 0.4) is 0 Å². The molecule has 6 nitrogen and oxygen atoms in total. The van der Waals surface area contributed by atoms with E-state index < -0.39 is 6.36 Å². The maximum absolute atomic E-state index is 12.2. The molecule has 1 N–H and O–H groups in total. The Morgan fingerprint density at radius 3 is 2.73 bits per heavy atom. The second-order valence-electron chi connectivity index (χ2n) is 5.68. The van der Waals surface area contributed by atoms with Gasteiger partial charge < -0.3 is 10.1 Å². The quantitative estimate of drug-likeness (QED) is 0.819. The highest BCUT2D eigenvalue weighted by atomic mass is 32.2. The van der Waals surface area contributed by atoms with Crippen LogP contribution in [0.2, 0.25) is 0 Å². The Morgan fingerprint density at radius 1 is 1.38 bits per heavy atom. The maximum atomic E-state index is 12.2. The zero-order valence-electron chi connectivity index (χ0n) is 13.5. The predicted molar refractivity (Wildman–Crippen MR) is 89.4 cm³/mol. The van der Waals surface area contributed by atoms with E-state index in [1.165, 1.54) is 34.5 Å². The maximum Gasteiger partial charge on any atom is 0.573 e. The molecule has 0 aliphatic carbocycles. The van der Waals surface area contributed by atoms with E-state index >= 15 is 0 Å². The van der Waals surface area contributed by atoms with Gasteiger partial charge in [-0.2, -0.15) is 0 Å². The molecule has 0 spiro atoms. The van der Waals surface area contributed by atoms with Crippen LogP contribution >= 0.6 is 11.8 Å². The summed E-state index contributed by atoms with van der Waals surface area (Å²) in [5, 5.41) is 3.18. The summed E-state index contributed by atoms with van der Waals surface area (Å²) in [5.74, 6) is -0.165. The number of thioether (sulfide) groups is 1. The van der Waals surface area contributed by atoms with E-state index in [1.807, 2.05) is 0 Å². The Kier molecular flexibility index (Phi) is 4.94. The standard InChI is InChI=1S/C16H14F3N3O3S/c1-9-6-14(24)22-11(8-26-15(22)20-9)7-13(23)21-10-2-4-12(5-3-10)25-16(17,18)19/h2-6,11H,7-8H2,1H3,(H,21,23). The first-order valence-corrected chi connectivity index (χ1v) is 8.58. The van der Waals surface area contributed by atoms with Gasteiger partial charge >= 0.3 is 6.36 Å². The van der Waals surface area contributed by atoms with Gasteiger partial charge in [-0.3, -0.25) is 14.2 Å². The number of carbonyl (C=O) groups is 1. The molecule has 1 aliphatic rings. The zero-order chi connectivity index (χ0) is 18.9. The van der Waals surface area contributed by atoms with Crippen LogP contribution in [0.5, 0.6) is 5.75 Å². The number of aromatic nitrogens is 2. The van der Waals surface area contributed by atoms with E-state index in [9.17, 15) is 22.8 Å². The fourth-order valence-electron chi connectivity index (χ4n) is 2.58. The fourth-order valence-corrected chi connectivity index (χ4v) is 3.77. The van der Waals surface area contributed by atoms with Gasteiger partial charge in [0.05, 0.1) is 6.04 Å². The Morgan fingerprint density at radius 2 is 2.08 bits per heavy atom. The second-order valence-corrected chi connectivity index (χ2v) is 6.66. The number of rotatable bonds is 4. The fraction of sp³-hybridized carbons (Fsp3) is 0.312. The monoisotopic (exact) mass is 385 g/mol. The number of hydrogen-bond donors (Lipinski definition) is 1. The van der Waals surface area contributed by atoms with Crippen LogP contribution in [-0.4, -0.2) is 27.6 Å². The van der Waals surface area contributed by atoms with Crippen molar-refractivity contribution in [2.75, 3.05) is 11.1 Å². The summed E-state index contributed by atoms with van der Waals surface area (Å²) in [5.41, 5.74) is 0.758. The van der Waals surface area contributed by atoms with E-state index in [0.717, 1.165) is 12.1 Å². The third kappa shape index (κ3) is 4.37. The highest BCUT2D eigenvalue weighted by molar-refractivity contribution is 7.99. The van der Waals surface area contributed by atoms with Crippen molar-refractivity contribution in [3.05, 3.63) is 46.4 Å². The van der Waals surface area contributed by atoms with Crippen LogP contribution in [0, 0.1) is 6.92 Å². The van der Waals surface area contributed by atoms with Gasteiger partial charge in [-0.05, 0) is 31.2 Å². The number of hydrogen-bond acceptors (Lipinski definition) is 5. The molecule has 0 saturated carbocycles. The van der Waals surface area contributed by atoms with Crippen LogP contribution in [0.15, 0.2) is 40.3 Å². The van der Waals surface area contributed by atoms with Gasteiger partial charge in [0.1, 0.15) is 5.75 Å². The Bertz CT molecular complexity index is 881. The Labute approximate surface area is 150 Å². The number of carbonyl (C=O) groups excluding carboxylic acids is 1. The van der Waals surface area contributed by atoms with E-state index in [2.05, 4.69) is 15.0 Å². The molecular formula is C16H14F3N3O3S. The minimum absolute atomic E-state index is 0.0610. The van der Waals surface area contributed by atoms with Crippen molar-refractivity contribution in [1.29, 1.82) is 0 Å². The number of nitrogens with one attached hydrogen (secondary N) is 1. The van der Waals surface area contributed by atoms with Crippen molar-refractivity contribution < 1.29 is 22.7 Å². The lowest BCUT2D eigenvalue weighted by Gasteiger charge is -2.14. The van der Waals surface area contributed by atoms with Crippen molar-refractivity contribution in [1.82, 2.24) is 9.55 Å². The minimum Gasteiger partial charge on any atom is -0.406 e. The number of nitrogens with zero attached hydrogens (tertiary/aromatic N) is 2. The summed E-state index contributed by atoms with van der Waals surface area (Å²) in [6, 6.07) is 5.95. The predicted octanol–water partition coefficient (Wildman–Crippen LogP) is 3.13. The molecule has 3 rings (SSSR count). The molecule has 1 atom stereocenters. The van der Waals surface area contributed by atoms with Crippen molar-refractivity contribution in [2.24, 2.45) is 0 Å². The van der Waals surface area contributed by atoms with Crippen LogP contribution in [-0.2, 0) is 4.79 Å². The lowest BCUT2D eigenvalue weighted by molar-refractivity contribution is -0.274. The van der Waals surface area contributed by atoms with Crippen molar-refractivity contribution >= 4 is 23.4 Å².